The number of halogens is 3. The predicted octanol–water partition coefficient (Wildman–Crippen LogP) is 2.22. The van der Waals surface area contributed by atoms with E-state index in [1.54, 1.807) is 6.07 Å². The van der Waals surface area contributed by atoms with Crippen LogP contribution in [-0.4, -0.2) is 12.7 Å². The number of anilines is 1. The molecule has 0 unspecified atom stereocenters. The number of hydrogen-bond donors (Lipinski definition) is 2. The summed E-state index contributed by atoms with van der Waals surface area (Å²) in [5, 5.41) is 2.94. The Kier molecular flexibility index (Phi) is 2.34. The second-order valence-electron chi connectivity index (χ2n) is 3.58. The summed E-state index contributed by atoms with van der Waals surface area (Å²) in [6, 6.07) is 2.96. The van der Waals surface area contributed by atoms with Gasteiger partial charge in [0.15, 0.2) is 0 Å². The van der Waals surface area contributed by atoms with Gasteiger partial charge in [-0.2, -0.15) is 13.2 Å². The Hall–Kier alpha value is -1.23. The Morgan fingerprint density at radius 1 is 1.33 bits per heavy atom. The first-order valence-corrected chi connectivity index (χ1v) is 4.68. The molecule has 1 aliphatic rings. The lowest BCUT2D eigenvalue weighted by molar-refractivity contribution is -0.149. The molecule has 0 spiro atoms. The molecule has 1 aliphatic heterocycles. The van der Waals surface area contributed by atoms with Gasteiger partial charge in [-0.15, -0.1) is 0 Å². The molecule has 1 aromatic rings. The number of rotatable bonds is 1. The van der Waals surface area contributed by atoms with Crippen molar-refractivity contribution in [2.45, 2.75) is 18.6 Å². The Balaban J connectivity index is 2.41. The van der Waals surface area contributed by atoms with Crippen LogP contribution in [0, 0.1) is 0 Å². The first-order chi connectivity index (χ1) is 7.00. The molecule has 1 atom stereocenters. The first kappa shape index (κ1) is 10.3. The van der Waals surface area contributed by atoms with Crippen LogP contribution in [0.4, 0.5) is 18.9 Å². The number of para-hydroxylation sites is 1. The second kappa shape index (κ2) is 3.41. The highest BCUT2D eigenvalue weighted by molar-refractivity contribution is 5.62. The fraction of sp³-hybridized carbons (Fsp3) is 0.400. The van der Waals surface area contributed by atoms with Crippen LogP contribution in [-0.2, 0) is 6.42 Å². The lowest BCUT2D eigenvalue weighted by atomic mass is 10.0. The van der Waals surface area contributed by atoms with Gasteiger partial charge in [0.1, 0.15) is 6.04 Å². The topological polar surface area (TPSA) is 38.0 Å². The van der Waals surface area contributed by atoms with E-state index in [0.717, 1.165) is 12.0 Å². The van der Waals surface area contributed by atoms with Crippen LogP contribution in [0.5, 0.6) is 0 Å². The molecule has 0 radical (unpaired) electrons. The summed E-state index contributed by atoms with van der Waals surface area (Å²) in [6.07, 6.45) is -3.63. The van der Waals surface area contributed by atoms with Gasteiger partial charge in [-0.3, -0.25) is 0 Å². The van der Waals surface area contributed by atoms with Gasteiger partial charge < -0.3 is 11.1 Å². The number of hydrogen-bond acceptors (Lipinski definition) is 2. The summed E-state index contributed by atoms with van der Waals surface area (Å²) in [6.45, 7) is 0.678. The molecule has 0 aliphatic carbocycles. The number of nitrogens with one attached hydrogen (secondary N) is 1. The predicted molar refractivity (Wildman–Crippen MR) is 51.6 cm³/mol. The van der Waals surface area contributed by atoms with Crippen LogP contribution in [0.1, 0.15) is 17.2 Å². The van der Waals surface area contributed by atoms with E-state index in [2.05, 4.69) is 5.32 Å². The van der Waals surface area contributed by atoms with E-state index in [4.69, 9.17) is 5.73 Å². The molecular weight excluding hydrogens is 205 g/mol. The molecule has 2 rings (SSSR count). The van der Waals surface area contributed by atoms with Crippen molar-refractivity contribution in [2.24, 2.45) is 5.73 Å². The summed E-state index contributed by atoms with van der Waals surface area (Å²) < 4.78 is 37.4. The van der Waals surface area contributed by atoms with Gasteiger partial charge in [0.25, 0.3) is 0 Å². The monoisotopic (exact) mass is 216 g/mol. The van der Waals surface area contributed by atoms with Crippen LogP contribution in [0.2, 0.25) is 0 Å². The third-order valence-electron chi connectivity index (χ3n) is 2.57. The second-order valence-corrected chi connectivity index (χ2v) is 3.58. The first-order valence-electron chi connectivity index (χ1n) is 4.68. The molecule has 1 heterocycles. The van der Waals surface area contributed by atoms with Gasteiger partial charge in [0, 0.05) is 17.8 Å². The third-order valence-corrected chi connectivity index (χ3v) is 2.57. The molecule has 0 bridgehead atoms. The van der Waals surface area contributed by atoms with Crippen molar-refractivity contribution in [3.63, 3.8) is 0 Å². The quantitative estimate of drug-likeness (QED) is 0.755. The van der Waals surface area contributed by atoms with E-state index in [1.165, 1.54) is 6.07 Å². The minimum absolute atomic E-state index is 0.137. The van der Waals surface area contributed by atoms with Crippen LogP contribution in [0.15, 0.2) is 18.2 Å². The fourth-order valence-corrected chi connectivity index (χ4v) is 1.80. The molecule has 15 heavy (non-hydrogen) atoms. The lowest BCUT2D eigenvalue weighted by Gasteiger charge is -2.18. The highest BCUT2D eigenvalue weighted by atomic mass is 19.4. The highest BCUT2D eigenvalue weighted by Crippen LogP contribution is 2.37. The van der Waals surface area contributed by atoms with Crippen LogP contribution >= 0.6 is 0 Å². The highest BCUT2D eigenvalue weighted by Gasteiger charge is 2.39. The Labute approximate surface area is 85.3 Å². The summed E-state index contributed by atoms with van der Waals surface area (Å²) in [4.78, 5) is 0. The van der Waals surface area contributed by atoms with Crippen LogP contribution in [0.3, 0.4) is 0 Å². The molecule has 3 N–H and O–H groups in total. The van der Waals surface area contributed by atoms with Crippen LogP contribution < -0.4 is 11.1 Å². The Morgan fingerprint density at radius 3 is 2.73 bits per heavy atom. The van der Waals surface area contributed by atoms with E-state index >= 15 is 0 Å². The van der Waals surface area contributed by atoms with Crippen molar-refractivity contribution in [3.05, 3.63) is 29.3 Å². The molecule has 5 heteroatoms. The van der Waals surface area contributed by atoms with E-state index < -0.39 is 12.2 Å². The van der Waals surface area contributed by atoms with Crippen molar-refractivity contribution >= 4 is 5.69 Å². The van der Waals surface area contributed by atoms with Gasteiger partial charge >= 0.3 is 6.18 Å². The van der Waals surface area contributed by atoms with Gasteiger partial charge in [-0.1, -0.05) is 18.2 Å². The molecule has 82 valence electrons. The van der Waals surface area contributed by atoms with Crippen molar-refractivity contribution in [1.29, 1.82) is 0 Å². The van der Waals surface area contributed by atoms with Crippen molar-refractivity contribution in [3.8, 4) is 0 Å². The van der Waals surface area contributed by atoms with E-state index in [1.807, 2.05) is 6.07 Å². The largest absolute Gasteiger partial charge is 0.407 e. The van der Waals surface area contributed by atoms with Crippen LogP contribution in [0.25, 0.3) is 0 Å². The molecule has 0 saturated heterocycles. The summed E-state index contributed by atoms with van der Waals surface area (Å²) in [5.74, 6) is 0. The van der Waals surface area contributed by atoms with Gasteiger partial charge in [0.2, 0.25) is 0 Å². The van der Waals surface area contributed by atoms with Crippen molar-refractivity contribution in [2.75, 3.05) is 11.9 Å². The summed E-state index contributed by atoms with van der Waals surface area (Å²) in [5.41, 5.74) is 6.78. The zero-order valence-electron chi connectivity index (χ0n) is 7.93. The van der Waals surface area contributed by atoms with Crippen molar-refractivity contribution < 1.29 is 13.2 Å². The third kappa shape index (κ3) is 1.79. The van der Waals surface area contributed by atoms with E-state index in [9.17, 15) is 13.2 Å². The van der Waals surface area contributed by atoms with Gasteiger partial charge in [-0.25, -0.2) is 0 Å². The maximum atomic E-state index is 12.5. The molecule has 0 amide bonds. The standard InChI is InChI=1S/C10H11F3N2/c11-10(12,13)9(14)7-3-1-2-6-4-5-15-8(6)7/h1-3,9,15H,4-5,14H2/t9-/m1/s1. The normalized spacial score (nSPS) is 17.1. The lowest BCUT2D eigenvalue weighted by Crippen LogP contribution is -2.29. The number of alkyl halides is 3. The van der Waals surface area contributed by atoms with E-state index in [0.29, 0.717) is 12.2 Å². The van der Waals surface area contributed by atoms with Crippen molar-refractivity contribution in [1.82, 2.24) is 0 Å². The molecular formula is C10H11F3N2. The average Bonchev–Trinajstić information content (AvgIpc) is 2.62. The molecule has 0 saturated carbocycles. The average molecular weight is 216 g/mol. The number of nitrogens with two attached hydrogens (primary N) is 1. The fourth-order valence-electron chi connectivity index (χ4n) is 1.80. The maximum Gasteiger partial charge on any atom is 0.407 e. The SMILES string of the molecule is N[C@H](c1cccc2c1NCC2)C(F)(F)F. The zero-order valence-corrected chi connectivity index (χ0v) is 7.93. The molecule has 0 fully saturated rings. The minimum atomic E-state index is -4.39. The minimum Gasteiger partial charge on any atom is -0.384 e. The number of benzene rings is 1. The van der Waals surface area contributed by atoms with Gasteiger partial charge in [-0.05, 0) is 12.0 Å². The summed E-state index contributed by atoms with van der Waals surface area (Å²) >= 11 is 0. The maximum absolute atomic E-state index is 12.5. The van der Waals surface area contributed by atoms with Gasteiger partial charge in [0.05, 0.1) is 0 Å². The Bertz CT molecular complexity index is 373. The smallest absolute Gasteiger partial charge is 0.384 e. The number of fused-ring (bicyclic) bond motifs is 1. The Morgan fingerprint density at radius 2 is 2.07 bits per heavy atom. The summed E-state index contributed by atoms with van der Waals surface area (Å²) in [7, 11) is 0. The molecule has 2 nitrogen and oxygen atoms in total. The van der Waals surface area contributed by atoms with E-state index in [-0.39, 0.29) is 5.56 Å². The molecule has 0 aromatic heterocycles. The zero-order chi connectivity index (χ0) is 11.1. The molecule has 1 aromatic carbocycles.